The number of rotatable bonds is 5. The van der Waals surface area contributed by atoms with Crippen LogP contribution in [-0.4, -0.2) is 37.7 Å². The average Bonchev–Trinajstić information content (AvgIpc) is 3.14. The number of anilines is 2. The van der Waals surface area contributed by atoms with E-state index in [0.29, 0.717) is 49.1 Å². The van der Waals surface area contributed by atoms with Gasteiger partial charge in [0.15, 0.2) is 17.6 Å². The highest BCUT2D eigenvalue weighted by molar-refractivity contribution is 5.96. The fourth-order valence-electron chi connectivity index (χ4n) is 3.27. The number of hydrogen-bond acceptors (Lipinski definition) is 5. The number of nitrogens with zero attached hydrogens (tertiary/aromatic N) is 1. The maximum absolute atomic E-state index is 12.5. The molecule has 0 radical (unpaired) electrons. The Balaban J connectivity index is 1.40. The number of ether oxygens (including phenoxy) is 3. The van der Waals surface area contributed by atoms with Gasteiger partial charge in [-0.05, 0) is 37.6 Å². The normalized spacial score (nSPS) is 16.6. The molecule has 0 spiro atoms. The zero-order chi connectivity index (χ0) is 19.5. The van der Waals surface area contributed by atoms with E-state index in [-0.39, 0.29) is 11.8 Å². The zero-order valence-electron chi connectivity index (χ0n) is 15.6. The largest absolute Gasteiger partial charge is 0.486 e. The van der Waals surface area contributed by atoms with Gasteiger partial charge in [-0.1, -0.05) is 6.07 Å². The Morgan fingerprint density at radius 2 is 1.96 bits per heavy atom. The fourth-order valence-corrected chi connectivity index (χ4v) is 3.27. The summed E-state index contributed by atoms with van der Waals surface area (Å²) in [5, 5.41) is 2.82. The molecule has 0 aliphatic carbocycles. The molecule has 2 heterocycles. The summed E-state index contributed by atoms with van der Waals surface area (Å²) in [7, 11) is 0. The number of carbonyl (C=O) groups excluding carboxylic acids is 2. The molecule has 2 aliphatic heterocycles. The number of benzene rings is 2. The molecule has 4 rings (SSSR count). The van der Waals surface area contributed by atoms with E-state index in [1.807, 2.05) is 12.1 Å². The summed E-state index contributed by atoms with van der Waals surface area (Å²) in [6.07, 6.45) is 0.718. The van der Waals surface area contributed by atoms with Gasteiger partial charge in [0.05, 0.1) is 0 Å². The van der Waals surface area contributed by atoms with E-state index in [4.69, 9.17) is 14.2 Å². The lowest BCUT2D eigenvalue weighted by atomic mass is 10.2. The lowest BCUT2D eigenvalue weighted by molar-refractivity contribution is -0.122. The maximum Gasteiger partial charge on any atom is 0.265 e. The maximum atomic E-state index is 12.5. The van der Waals surface area contributed by atoms with Crippen molar-refractivity contribution in [2.75, 3.05) is 30.0 Å². The highest BCUT2D eigenvalue weighted by Gasteiger charge is 2.22. The van der Waals surface area contributed by atoms with Crippen molar-refractivity contribution < 1.29 is 23.8 Å². The molecular weight excluding hydrogens is 360 g/mol. The fraction of sp³-hybridized carbons (Fsp3) is 0.333. The number of hydrogen-bond donors (Lipinski definition) is 1. The minimum Gasteiger partial charge on any atom is -0.486 e. The smallest absolute Gasteiger partial charge is 0.265 e. The van der Waals surface area contributed by atoms with Crippen LogP contribution in [0.25, 0.3) is 0 Å². The first kappa shape index (κ1) is 18.2. The third kappa shape index (κ3) is 3.88. The van der Waals surface area contributed by atoms with E-state index in [2.05, 4.69) is 5.32 Å². The van der Waals surface area contributed by atoms with Crippen LogP contribution >= 0.6 is 0 Å². The van der Waals surface area contributed by atoms with Crippen molar-refractivity contribution in [3.05, 3.63) is 42.5 Å². The molecule has 1 fully saturated rings. The number of amides is 2. The number of carbonyl (C=O) groups is 2. The summed E-state index contributed by atoms with van der Waals surface area (Å²) in [6, 6.07) is 12.5. The highest BCUT2D eigenvalue weighted by Crippen LogP contribution is 2.32. The second-order valence-electron chi connectivity index (χ2n) is 6.75. The highest BCUT2D eigenvalue weighted by atomic mass is 16.6. The topological polar surface area (TPSA) is 77.1 Å². The van der Waals surface area contributed by atoms with Gasteiger partial charge in [0.1, 0.15) is 19.0 Å². The van der Waals surface area contributed by atoms with Gasteiger partial charge in [-0.2, -0.15) is 0 Å². The molecule has 1 atom stereocenters. The molecule has 0 bridgehead atoms. The Labute approximate surface area is 163 Å². The van der Waals surface area contributed by atoms with Gasteiger partial charge in [0.2, 0.25) is 5.91 Å². The van der Waals surface area contributed by atoms with Crippen LogP contribution in [0.4, 0.5) is 11.4 Å². The average molecular weight is 382 g/mol. The Morgan fingerprint density at radius 1 is 1.14 bits per heavy atom. The second-order valence-corrected chi connectivity index (χ2v) is 6.75. The second kappa shape index (κ2) is 7.80. The van der Waals surface area contributed by atoms with E-state index < -0.39 is 6.10 Å². The summed E-state index contributed by atoms with van der Waals surface area (Å²) in [5.74, 6) is 1.66. The Morgan fingerprint density at radius 3 is 2.75 bits per heavy atom. The lowest BCUT2D eigenvalue weighted by Crippen LogP contribution is -2.30. The van der Waals surface area contributed by atoms with Gasteiger partial charge in [-0.25, -0.2) is 0 Å². The predicted molar refractivity (Wildman–Crippen MR) is 104 cm³/mol. The minimum atomic E-state index is -0.710. The van der Waals surface area contributed by atoms with E-state index in [9.17, 15) is 9.59 Å². The van der Waals surface area contributed by atoms with Gasteiger partial charge in [-0.15, -0.1) is 0 Å². The molecular formula is C21H22N2O5. The van der Waals surface area contributed by atoms with Crippen LogP contribution in [-0.2, 0) is 9.59 Å². The Kier molecular flexibility index (Phi) is 5.06. The molecule has 0 saturated carbocycles. The summed E-state index contributed by atoms with van der Waals surface area (Å²) >= 11 is 0. The summed E-state index contributed by atoms with van der Waals surface area (Å²) in [5.41, 5.74) is 1.40. The van der Waals surface area contributed by atoms with Crippen molar-refractivity contribution in [3.63, 3.8) is 0 Å². The van der Waals surface area contributed by atoms with Crippen LogP contribution in [0.2, 0.25) is 0 Å². The van der Waals surface area contributed by atoms with Crippen molar-refractivity contribution in [3.8, 4) is 17.2 Å². The molecule has 7 heteroatoms. The third-order valence-electron chi connectivity index (χ3n) is 4.69. The van der Waals surface area contributed by atoms with Crippen molar-refractivity contribution in [2.24, 2.45) is 0 Å². The van der Waals surface area contributed by atoms with Crippen molar-refractivity contribution in [2.45, 2.75) is 25.9 Å². The van der Waals surface area contributed by atoms with E-state index in [1.54, 1.807) is 42.2 Å². The molecule has 2 amide bonds. The summed E-state index contributed by atoms with van der Waals surface area (Å²) in [4.78, 5) is 26.2. The van der Waals surface area contributed by atoms with Crippen LogP contribution in [0.5, 0.6) is 17.2 Å². The van der Waals surface area contributed by atoms with E-state index >= 15 is 0 Å². The van der Waals surface area contributed by atoms with Gasteiger partial charge in [0.25, 0.3) is 5.91 Å². The van der Waals surface area contributed by atoms with E-state index in [0.717, 1.165) is 12.1 Å². The third-order valence-corrected chi connectivity index (χ3v) is 4.69. The minimum absolute atomic E-state index is 0.113. The van der Waals surface area contributed by atoms with Gasteiger partial charge in [0, 0.05) is 36.5 Å². The molecule has 2 aliphatic rings. The van der Waals surface area contributed by atoms with E-state index in [1.165, 1.54) is 0 Å². The van der Waals surface area contributed by atoms with Gasteiger partial charge in [-0.3, -0.25) is 9.59 Å². The van der Waals surface area contributed by atoms with Crippen LogP contribution in [0.3, 0.4) is 0 Å². The molecule has 1 unspecified atom stereocenters. The quantitative estimate of drug-likeness (QED) is 0.860. The van der Waals surface area contributed by atoms with Gasteiger partial charge >= 0.3 is 0 Å². The molecule has 28 heavy (non-hydrogen) atoms. The SMILES string of the molecule is CC(Oc1cccc(N2CCCC2=O)c1)C(=O)Nc1ccc2c(c1)OCCO2. The van der Waals surface area contributed by atoms with Crippen molar-refractivity contribution in [1.29, 1.82) is 0 Å². The van der Waals surface area contributed by atoms with Crippen molar-refractivity contribution in [1.82, 2.24) is 0 Å². The Bertz CT molecular complexity index is 898. The first-order valence-corrected chi connectivity index (χ1v) is 9.38. The summed E-state index contributed by atoms with van der Waals surface area (Å²) in [6.45, 7) is 3.40. The standard InChI is InChI=1S/C21H22N2O5/c1-14(21(25)22-15-7-8-18-19(12-15)27-11-10-26-18)28-17-5-2-4-16(13-17)23-9-3-6-20(23)24/h2,4-5,7-8,12-14H,3,6,9-11H2,1H3,(H,22,25). The first-order chi connectivity index (χ1) is 13.6. The molecule has 1 saturated heterocycles. The van der Waals surface area contributed by atoms with Crippen LogP contribution < -0.4 is 24.4 Å². The van der Waals surface area contributed by atoms with Crippen LogP contribution in [0.1, 0.15) is 19.8 Å². The first-order valence-electron chi connectivity index (χ1n) is 9.38. The molecule has 7 nitrogen and oxygen atoms in total. The van der Waals surface area contributed by atoms with Crippen molar-refractivity contribution >= 4 is 23.2 Å². The zero-order valence-corrected chi connectivity index (χ0v) is 15.6. The summed E-state index contributed by atoms with van der Waals surface area (Å²) < 4.78 is 16.8. The van der Waals surface area contributed by atoms with Crippen LogP contribution in [0, 0.1) is 0 Å². The lowest BCUT2D eigenvalue weighted by Gasteiger charge is -2.20. The monoisotopic (exact) mass is 382 g/mol. The predicted octanol–water partition coefficient (Wildman–Crippen LogP) is 2.99. The Hall–Kier alpha value is -3.22. The number of fused-ring (bicyclic) bond motifs is 1. The molecule has 146 valence electrons. The molecule has 2 aromatic carbocycles. The molecule has 2 aromatic rings. The number of nitrogens with one attached hydrogen (secondary N) is 1. The molecule has 1 N–H and O–H groups in total. The van der Waals surface area contributed by atoms with Gasteiger partial charge < -0.3 is 24.4 Å². The van der Waals surface area contributed by atoms with Crippen LogP contribution in [0.15, 0.2) is 42.5 Å². The molecule has 0 aromatic heterocycles.